The number of halogens is 4. The van der Waals surface area contributed by atoms with E-state index < -0.39 is 0 Å². The van der Waals surface area contributed by atoms with E-state index in [4.69, 9.17) is 11.6 Å². The van der Waals surface area contributed by atoms with Gasteiger partial charge in [-0.25, -0.2) is 0 Å². The van der Waals surface area contributed by atoms with E-state index in [1.54, 1.807) is 0 Å². The van der Waals surface area contributed by atoms with Crippen LogP contribution in [-0.2, 0) is 6.42 Å². The minimum Gasteiger partial charge on any atom is -0.0843 e. The second kappa shape index (κ2) is 6.56. The molecule has 1 atom stereocenters. The first kappa shape index (κ1) is 14.6. The van der Waals surface area contributed by atoms with Crippen molar-refractivity contribution in [3.05, 3.63) is 67.6 Å². The van der Waals surface area contributed by atoms with Crippen molar-refractivity contribution in [1.29, 1.82) is 0 Å². The minimum absolute atomic E-state index is 0.279. The molecule has 0 fully saturated rings. The van der Waals surface area contributed by atoms with Gasteiger partial charge in [-0.2, -0.15) is 0 Å². The molecule has 0 saturated heterocycles. The van der Waals surface area contributed by atoms with Gasteiger partial charge in [-0.1, -0.05) is 77.6 Å². The zero-order chi connectivity index (χ0) is 13.1. The van der Waals surface area contributed by atoms with Crippen LogP contribution in [0, 0.1) is 0 Å². The average molecular weight is 453 g/mol. The molecule has 2 aromatic rings. The van der Waals surface area contributed by atoms with Gasteiger partial charge in [0.1, 0.15) is 0 Å². The molecular weight excluding hydrogens is 443 g/mol. The molecule has 1 unspecified atom stereocenters. The highest BCUT2D eigenvalue weighted by Gasteiger charge is 2.12. The largest absolute Gasteiger partial charge is 0.0843 e. The molecular formula is C14H10Br3Cl. The van der Waals surface area contributed by atoms with Gasteiger partial charge in [0.15, 0.2) is 0 Å². The maximum Gasteiger partial charge on any atom is 0.0446 e. The monoisotopic (exact) mass is 450 g/mol. The van der Waals surface area contributed by atoms with Crippen molar-refractivity contribution in [3.63, 3.8) is 0 Å². The predicted octanol–water partition coefficient (Wildman–Crippen LogP) is 6.54. The third kappa shape index (κ3) is 3.83. The Bertz CT molecular complexity index is 537. The molecule has 2 aromatic carbocycles. The summed E-state index contributed by atoms with van der Waals surface area (Å²) in [5, 5.41) is 0.773. The highest BCUT2D eigenvalue weighted by Crippen LogP contribution is 2.34. The summed E-state index contributed by atoms with van der Waals surface area (Å²) in [6.07, 6.45) is 0.928. The smallest absolute Gasteiger partial charge is 0.0446 e. The molecule has 0 heterocycles. The van der Waals surface area contributed by atoms with Gasteiger partial charge in [-0.15, -0.1) is 0 Å². The number of hydrogen-bond donors (Lipinski definition) is 0. The van der Waals surface area contributed by atoms with E-state index in [9.17, 15) is 0 Å². The first-order chi connectivity index (χ1) is 8.56. The van der Waals surface area contributed by atoms with Crippen LogP contribution in [0.2, 0.25) is 5.02 Å². The van der Waals surface area contributed by atoms with Crippen LogP contribution in [0.3, 0.4) is 0 Å². The number of rotatable bonds is 3. The lowest BCUT2D eigenvalue weighted by atomic mass is 10.0. The van der Waals surface area contributed by atoms with Crippen LogP contribution in [0.5, 0.6) is 0 Å². The summed E-state index contributed by atoms with van der Waals surface area (Å²) in [4.78, 5) is 0.279. The molecule has 0 saturated carbocycles. The first-order valence-corrected chi connectivity index (χ1v) is 8.27. The van der Waals surface area contributed by atoms with Crippen LogP contribution in [0.25, 0.3) is 0 Å². The third-order valence-corrected chi connectivity index (χ3v) is 4.88. The standard InChI is InChI=1S/C14H10Br3Cl/c15-10-3-6-12(14(17)8-10)13(16)7-9-1-4-11(18)5-2-9/h1-6,8,13H,7H2. The van der Waals surface area contributed by atoms with Gasteiger partial charge in [0, 0.05) is 18.8 Å². The maximum absolute atomic E-state index is 5.88. The number of alkyl halides is 1. The molecule has 2 rings (SSSR count). The van der Waals surface area contributed by atoms with Crippen molar-refractivity contribution in [3.8, 4) is 0 Å². The van der Waals surface area contributed by atoms with E-state index in [1.807, 2.05) is 12.1 Å². The Morgan fingerprint density at radius 1 is 1.00 bits per heavy atom. The van der Waals surface area contributed by atoms with E-state index in [2.05, 4.69) is 78.1 Å². The summed E-state index contributed by atoms with van der Waals surface area (Å²) in [7, 11) is 0. The Hall–Kier alpha value is 0.170. The second-order valence-corrected chi connectivity index (χ2v) is 7.28. The number of hydrogen-bond acceptors (Lipinski definition) is 0. The zero-order valence-electron chi connectivity index (χ0n) is 9.34. The minimum atomic E-state index is 0.279. The van der Waals surface area contributed by atoms with Crippen molar-refractivity contribution < 1.29 is 0 Å². The molecule has 0 N–H and O–H groups in total. The van der Waals surface area contributed by atoms with Crippen molar-refractivity contribution in [2.75, 3.05) is 0 Å². The first-order valence-electron chi connectivity index (χ1n) is 5.40. The van der Waals surface area contributed by atoms with Gasteiger partial charge < -0.3 is 0 Å². The average Bonchev–Trinajstić information content (AvgIpc) is 2.32. The maximum atomic E-state index is 5.88. The fraction of sp³-hybridized carbons (Fsp3) is 0.143. The molecule has 0 aliphatic carbocycles. The molecule has 0 aliphatic rings. The molecule has 0 spiro atoms. The topological polar surface area (TPSA) is 0 Å². The van der Waals surface area contributed by atoms with Gasteiger partial charge in [0.25, 0.3) is 0 Å². The molecule has 0 bridgehead atoms. The Labute approximate surface area is 137 Å². The van der Waals surface area contributed by atoms with Crippen LogP contribution in [0.1, 0.15) is 16.0 Å². The summed E-state index contributed by atoms with van der Waals surface area (Å²) in [5.41, 5.74) is 2.50. The van der Waals surface area contributed by atoms with E-state index >= 15 is 0 Å². The van der Waals surface area contributed by atoms with Crippen LogP contribution in [0.15, 0.2) is 51.4 Å². The van der Waals surface area contributed by atoms with E-state index in [0.29, 0.717) is 0 Å². The van der Waals surface area contributed by atoms with Crippen LogP contribution >= 0.6 is 59.4 Å². The van der Waals surface area contributed by atoms with E-state index in [1.165, 1.54) is 11.1 Å². The summed E-state index contributed by atoms with van der Waals surface area (Å²) < 4.78 is 2.18. The van der Waals surface area contributed by atoms with Gasteiger partial charge in [-0.3, -0.25) is 0 Å². The second-order valence-electron chi connectivity index (χ2n) is 3.96. The van der Waals surface area contributed by atoms with Gasteiger partial charge in [0.05, 0.1) is 0 Å². The molecule has 0 amide bonds. The van der Waals surface area contributed by atoms with Crippen LogP contribution < -0.4 is 0 Å². The molecule has 0 aliphatic heterocycles. The Morgan fingerprint density at radius 2 is 1.67 bits per heavy atom. The lowest BCUT2D eigenvalue weighted by molar-refractivity contribution is 0.943. The van der Waals surface area contributed by atoms with Gasteiger partial charge in [-0.05, 0) is 41.8 Å². The predicted molar refractivity (Wildman–Crippen MR) is 88.7 cm³/mol. The Balaban J connectivity index is 2.16. The summed E-state index contributed by atoms with van der Waals surface area (Å²) in [6, 6.07) is 14.2. The quantitative estimate of drug-likeness (QED) is 0.463. The lowest BCUT2D eigenvalue weighted by Crippen LogP contribution is -1.96. The lowest BCUT2D eigenvalue weighted by Gasteiger charge is -2.12. The number of benzene rings is 2. The molecule has 18 heavy (non-hydrogen) atoms. The SMILES string of the molecule is Clc1ccc(CC(Br)c2ccc(Br)cc2Br)cc1. The normalized spacial score (nSPS) is 12.4. The van der Waals surface area contributed by atoms with Gasteiger partial charge in [0.2, 0.25) is 0 Å². The van der Waals surface area contributed by atoms with Crippen molar-refractivity contribution in [2.24, 2.45) is 0 Å². The Morgan fingerprint density at radius 3 is 2.28 bits per heavy atom. The van der Waals surface area contributed by atoms with Gasteiger partial charge >= 0.3 is 0 Å². The van der Waals surface area contributed by atoms with Crippen LogP contribution in [0.4, 0.5) is 0 Å². The van der Waals surface area contributed by atoms with Crippen molar-refractivity contribution in [2.45, 2.75) is 11.2 Å². The zero-order valence-corrected chi connectivity index (χ0v) is 14.9. The van der Waals surface area contributed by atoms with E-state index in [0.717, 1.165) is 20.4 Å². The highest BCUT2D eigenvalue weighted by atomic mass is 79.9. The highest BCUT2D eigenvalue weighted by molar-refractivity contribution is 9.11. The van der Waals surface area contributed by atoms with Crippen molar-refractivity contribution in [1.82, 2.24) is 0 Å². The van der Waals surface area contributed by atoms with Crippen molar-refractivity contribution >= 4 is 59.4 Å². The molecule has 94 valence electrons. The molecule has 4 heteroatoms. The summed E-state index contributed by atoms with van der Waals surface area (Å²) >= 11 is 16.7. The summed E-state index contributed by atoms with van der Waals surface area (Å²) in [6.45, 7) is 0. The molecule has 0 radical (unpaired) electrons. The van der Waals surface area contributed by atoms with E-state index in [-0.39, 0.29) is 4.83 Å². The molecule has 0 nitrogen and oxygen atoms in total. The van der Waals surface area contributed by atoms with Crippen LogP contribution in [-0.4, -0.2) is 0 Å². The summed E-state index contributed by atoms with van der Waals surface area (Å²) in [5.74, 6) is 0. The molecule has 0 aromatic heterocycles. The fourth-order valence-corrected chi connectivity index (χ4v) is 4.22. The third-order valence-electron chi connectivity index (χ3n) is 2.63. The fourth-order valence-electron chi connectivity index (χ4n) is 1.69. The Kier molecular flexibility index (Phi) is 5.31.